The van der Waals surface area contributed by atoms with Gasteiger partial charge >= 0.3 is 0 Å². The third-order valence-corrected chi connectivity index (χ3v) is 3.32. The molecule has 0 amide bonds. The first-order valence-electron chi connectivity index (χ1n) is 5.47. The summed E-state index contributed by atoms with van der Waals surface area (Å²) in [6.07, 6.45) is 2.59. The fourth-order valence-electron chi connectivity index (χ4n) is 1.99. The summed E-state index contributed by atoms with van der Waals surface area (Å²) in [4.78, 5) is 15.5. The molecule has 0 saturated carbocycles. The zero-order valence-corrected chi connectivity index (χ0v) is 11.0. The number of halogens is 1. The zero-order chi connectivity index (χ0) is 12.5. The van der Waals surface area contributed by atoms with Crippen molar-refractivity contribution in [2.45, 2.75) is 0 Å². The molecular formula is C14H9BrN2O. The second-order valence-corrected chi connectivity index (χ2v) is 4.84. The molecule has 0 saturated heterocycles. The summed E-state index contributed by atoms with van der Waals surface area (Å²) < 4.78 is 2.81. The molecule has 1 heterocycles. The topological polar surface area (TPSA) is 34.9 Å². The lowest BCUT2D eigenvalue weighted by atomic mass is 10.2. The van der Waals surface area contributed by atoms with Gasteiger partial charge in [-0.15, -0.1) is 0 Å². The van der Waals surface area contributed by atoms with E-state index < -0.39 is 0 Å². The normalized spacial score (nSPS) is 10.7. The van der Waals surface area contributed by atoms with Crippen molar-refractivity contribution in [3.05, 3.63) is 58.8 Å². The predicted octanol–water partition coefficient (Wildman–Crippen LogP) is 3.60. The number of benzene rings is 2. The minimum absolute atomic E-state index is 0.632. The van der Waals surface area contributed by atoms with Crippen LogP contribution in [0, 0.1) is 0 Å². The molecule has 3 nitrogen and oxygen atoms in total. The van der Waals surface area contributed by atoms with E-state index >= 15 is 0 Å². The molecule has 0 atom stereocenters. The van der Waals surface area contributed by atoms with Crippen molar-refractivity contribution >= 4 is 33.2 Å². The summed E-state index contributed by atoms with van der Waals surface area (Å²) in [5.41, 5.74) is 3.37. The van der Waals surface area contributed by atoms with E-state index in [1.54, 1.807) is 12.4 Å². The van der Waals surface area contributed by atoms with Crippen molar-refractivity contribution in [2.75, 3.05) is 0 Å². The first-order valence-corrected chi connectivity index (χ1v) is 6.26. The van der Waals surface area contributed by atoms with Crippen molar-refractivity contribution in [2.24, 2.45) is 0 Å². The van der Waals surface area contributed by atoms with Crippen molar-refractivity contribution in [1.29, 1.82) is 0 Å². The van der Waals surface area contributed by atoms with Crippen LogP contribution in [0.25, 0.3) is 16.7 Å². The van der Waals surface area contributed by atoms with Crippen LogP contribution in [0.5, 0.6) is 0 Å². The Bertz CT molecular complexity index is 733. The number of hydrogen-bond donors (Lipinski definition) is 0. The van der Waals surface area contributed by atoms with E-state index in [0.717, 1.165) is 27.5 Å². The number of imidazole rings is 1. The molecule has 0 aliphatic rings. The summed E-state index contributed by atoms with van der Waals surface area (Å²) >= 11 is 3.37. The van der Waals surface area contributed by atoms with Crippen LogP contribution >= 0.6 is 15.9 Å². The van der Waals surface area contributed by atoms with Crippen molar-refractivity contribution in [1.82, 2.24) is 9.55 Å². The molecule has 18 heavy (non-hydrogen) atoms. The molecule has 4 heteroatoms. The summed E-state index contributed by atoms with van der Waals surface area (Å²) in [7, 11) is 0. The van der Waals surface area contributed by atoms with Crippen LogP contribution in [0.15, 0.2) is 53.3 Å². The first-order chi connectivity index (χ1) is 8.79. The van der Waals surface area contributed by atoms with E-state index in [9.17, 15) is 4.79 Å². The number of carbonyl (C=O) groups is 1. The number of aromatic nitrogens is 2. The zero-order valence-electron chi connectivity index (χ0n) is 9.38. The highest BCUT2D eigenvalue weighted by molar-refractivity contribution is 9.10. The molecule has 0 bridgehead atoms. The van der Waals surface area contributed by atoms with Crippen LogP contribution in [0.1, 0.15) is 10.4 Å². The van der Waals surface area contributed by atoms with Crippen LogP contribution in [-0.4, -0.2) is 15.8 Å². The highest BCUT2D eigenvalue weighted by atomic mass is 79.9. The number of rotatable bonds is 2. The van der Waals surface area contributed by atoms with Gasteiger partial charge in [-0.25, -0.2) is 4.98 Å². The monoisotopic (exact) mass is 300 g/mol. The second kappa shape index (κ2) is 4.38. The third-order valence-electron chi connectivity index (χ3n) is 2.83. The molecule has 2 aromatic carbocycles. The van der Waals surface area contributed by atoms with Crippen molar-refractivity contribution in [3.63, 3.8) is 0 Å². The maximum absolute atomic E-state index is 11.2. The van der Waals surface area contributed by atoms with Gasteiger partial charge < -0.3 is 0 Å². The van der Waals surface area contributed by atoms with Crippen LogP contribution in [0.2, 0.25) is 0 Å². The van der Waals surface area contributed by atoms with Gasteiger partial charge in [-0.1, -0.05) is 28.1 Å². The highest BCUT2D eigenvalue weighted by Gasteiger charge is 2.08. The summed E-state index contributed by atoms with van der Waals surface area (Å²) in [5.74, 6) is 0. The van der Waals surface area contributed by atoms with E-state index in [0.29, 0.717) is 5.56 Å². The van der Waals surface area contributed by atoms with Gasteiger partial charge in [0.1, 0.15) is 6.33 Å². The quantitative estimate of drug-likeness (QED) is 0.678. The Morgan fingerprint density at radius 2 is 2.00 bits per heavy atom. The maximum atomic E-state index is 11.2. The lowest BCUT2D eigenvalue weighted by Gasteiger charge is -2.07. The molecule has 0 unspecified atom stereocenters. The number of hydrogen-bond acceptors (Lipinski definition) is 2. The number of fused-ring (bicyclic) bond motifs is 1. The predicted molar refractivity (Wildman–Crippen MR) is 74.2 cm³/mol. The molecule has 88 valence electrons. The maximum Gasteiger partial charge on any atom is 0.152 e. The molecule has 0 aliphatic heterocycles. The van der Waals surface area contributed by atoms with E-state index in [2.05, 4.69) is 20.9 Å². The Morgan fingerprint density at radius 1 is 1.17 bits per heavy atom. The van der Waals surface area contributed by atoms with E-state index in [1.807, 2.05) is 41.0 Å². The number of aldehydes is 1. The minimum atomic E-state index is 0.632. The summed E-state index contributed by atoms with van der Waals surface area (Å²) in [5, 5.41) is 0. The fourth-order valence-corrected chi connectivity index (χ4v) is 2.37. The Balaban J connectivity index is 2.29. The average Bonchev–Trinajstić information content (AvgIpc) is 2.82. The van der Waals surface area contributed by atoms with Crippen molar-refractivity contribution in [3.8, 4) is 5.69 Å². The fraction of sp³-hybridized carbons (Fsp3) is 0. The van der Waals surface area contributed by atoms with Gasteiger partial charge in [0, 0.05) is 10.0 Å². The summed E-state index contributed by atoms with van der Waals surface area (Å²) in [6.45, 7) is 0. The van der Waals surface area contributed by atoms with E-state index in [4.69, 9.17) is 0 Å². The Labute approximate surface area is 112 Å². The van der Waals surface area contributed by atoms with Gasteiger partial charge in [0.2, 0.25) is 0 Å². The van der Waals surface area contributed by atoms with Gasteiger partial charge in [-0.05, 0) is 30.3 Å². The minimum Gasteiger partial charge on any atom is -0.298 e. The SMILES string of the molecule is O=Cc1cc(Br)ccc1-n1cnc2ccccc21. The highest BCUT2D eigenvalue weighted by Crippen LogP contribution is 2.22. The average molecular weight is 301 g/mol. The molecule has 3 aromatic rings. The molecule has 0 fully saturated rings. The first kappa shape index (κ1) is 11.2. The number of para-hydroxylation sites is 2. The largest absolute Gasteiger partial charge is 0.298 e. The molecule has 0 N–H and O–H groups in total. The molecule has 0 radical (unpaired) electrons. The lowest BCUT2D eigenvalue weighted by Crippen LogP contribution is -1.97. The summed E-state index contributed by atoms with van der Waals surface area (Å²) in [6, 6.07) is 13.5. The van der Waals surface area contributed by atoms with Crippen LogP contribution < -0.4 is 0 Å². The second-order valence-electron chi connectivity index (χ2n) is 3.92. The van der Waals surface area contributed by atoms with Crippen LogP contribution in [-0.2, 0) is 0 Å². The van der Waals surface area contributed by atoms with E-state index in [1.165, 1.54) is 0 Å². The number of carbonyl (C=O) groups excluding carboxylic acids is 1. The van der Waals surface area contributed by atoms with Gasteiger partial charge in [0.05, 0.1) is 16.7 Å². The standard InChI is InChI=1S/C14H9BrN2O/c15-11-5-6-13(10(7-11)8-18)17-9-16-12-3-1-2-4-14(12)17/h1-9H. The Kier molecular flexibility index (Phi) is 2.72. The van der Waals surface area contributed by atoms with Gasteiger partial charge in [0.15, 0.2) is 6.29 Å². The van der Waals surface area contributed by atoms with Gasteiger partial charge in [-0.3, -0.25) is 9.36 Å². The van der Waals surface area contributed by atoms with Gasteiger partial charge in [0.25, 0.3) is 0 Å². The third kappa shape index (κ3) is 1.75. The Hall–Kier alpha value is -1.94. The smallest absolute Gasteiger partial charge is 0.152 e. The molecular weight excluding hydrogens is 292 g/mol. The number of nitrogens with zero attached hydrogens (tertiary/aromatic N) is 2. The molecule has 0 aliphatic carbocycles. The van der Waals surface area contributed by atoms with Crippen molar-refractivity contribution < 1.29 is 4.79 Å². The molecule has 3 rings (SSSR count). The van der Waals surface area contributed by atoms with Gasteiger partial charge in [-0.2, -0.15) is 0 Å². The Morgan fingerprint density at radius 3 is 2.83 bits per heavy atom. The van der Waals surface area contributed by atoms with E-state index in [-0.39, 0.29) is 0 Å². The molecule has 1 aromatic heterocycles. The lowest BCUT2D eigenvalue weighted by molar-refractivity contribution is 0.112. The van der Waals surface area contributed by atoms with Crippen LogP contribution in [0.4, 0.5) is 0 Å². The molecule has 0 spiro atoms. The van der Waals surface area contributed by atoms with Crippen LogP contribution in [0.3, 0.4) is 0 Å².